The van der Waals surface area contributed by atoms with Crippen molar-refractivity contribution in [1.29, 1.82) is 0 Å². The fourth-order valence-electron chi connectivity index (χ4n) is 7.85. The third-order valence-electron chi connectivity index (χ3n) is 9.81. The minimum absolute atomic E-state index is 0.132. The predicted molar refractivity (Wildman–Crippen MR) is 168 cm³/mol. The van der Waals surface area contributed by atoms with Gasteiger partial charge in [-0.15, -0.1) is 13.2 Å². The van der Waals surface area contributed by atoms with Gasteiger partial charge in [-0.1, -0.05) is 63.3 Å². The Morgan fingerprint density at radius 2 is 1.79 bits per heavy atom. The molecule has 2 unspecified atom stereocenters. The van der Waals surface area contributed by atoms with Crippen molar-refractivity contribution in [2.24, 2.45) is 17.8 Å². The van der Waals surface area contributed by atoms with E-state index in [1.165, 1.54) is 0 Å². The van der Waals surface area contributed by atoms with Crippen molar-refractivity contribution in [3.8, 4) is 0 Å². The Morgan fingerprint density at radius 3 is 2.42 bits per heavy atom. The maximum absolute atomic E-state index is 14.9. The summed E-state index contributed by atoms with van der Waals surface area (Å²) in [4.78, 5) is 48.7. The van der Waals surface area contributed by atoms with Gasteiger partial charge in [0, 0.05) is 25.3 Å². The summed E-state index contributed by atoms with van der Waals surface area (Å²) < 4.78 is 6.86. The lowest BCUT2D eigenvalue weighted by Crippen LogP contribution is -2.60. The number of benzene rings is 2. The van der Waals surface area contributed by atoms with E-state index in [1.807, 2.05) is 70.2 Å². The molecule has 0 saturated carbocycles. The SMILES string of the molecule is C=CCN(CCC)C(=O)[C@@H]1[C@H]2C(=O)N([C@@H](CO)C(C)C)C(C(=O)N(CC=C)c3ccc4ccccc4c3)C23CC[C@@]1(C)O3. The highest BCUT2D eigenvalue weighted by Gasteiger charge is 2.79. The first-order valence-corrected chi connectivity index (χ1v) is 15.5. The van der Waals surface area contributed by atoms with Crippen molar-refractivity contribution in [3.05, 3.63) is 67.8 Å². The molecular formula is C35H45N3O5. The molecule has 6 atom stereocenters. The maximum Gasteiger partial charge on any atom is 0.253 e. The third kappa shape index (κ3) is 4.89. The molecule has 230 valence electrons. The van der Waals surface area contributed by atoms with Crippen LogP contribution in [0.5, 0.6) is 0 Å². The van der Waals surface area contributed by atoms with Crippen LogP contribution in [0.1, 0.15) is 47.0 Å². The maximum atomic E-state index is 14.9. The highest BCUT2D eigenvalue weighted by atomic mass is 16.5. The van der Waals surface area contributed by atoms with Crippen LogP contribution in [0.25, 0.3) is 10.8 Å². The van der Waals surface area contributed by atoms with Crippen LogP contribution in [-0.4, -0.2) is 82.2 Å². The summed E-state index contributed by atoms with van der Waals surface area (Å²) in [5.41, 5.74) is -1.38. The molecule has 5 rings (SSSR count). The first-order chi connectivity index (χ1) is 20.6. The van der Waals surface area contributed by atoms with Gasteiger partial charge in [0.1, 0.15) is 11.6 Å². The zero-order valence-corrected chi connectivity index (χ0v) is 25.9. The van der Waals surface area contributed by atoms with Crippen molar-refractivity contribution in [3.63, 3.8) is 0 Å². The van der Waals surface area contributed by atoms with Crippen LogP contribution in [0, 0.1) is 17.8 Å². The second-order valence-corrected chi connectivity index (χ2v) is 12.8. The lowest BCUT2D eigenvalue weighted by atomic mass is 9.66. The largest absolute Gasteiger partial charge is 0.394 e. The minimum Gasteiger partial charge on any atom is -0.394 e. The number of hydrogen-bond donors (Lipinski definition) is 1. The lowest BCUT2D eigenvalue weighted by Gasteiger charge is -2.40. The zero-order valence-electron chi connectivity index (χ0n) is 25.9. The standard InChI is InChI=1S/C35H45N3O5/c1-7-18-36(19-8-2)31(40)28-29-32(41)38(27(22-39)23(4)5)30(35(29)17-16-34(28,6)43-35)33(42)37(20-9-3)26-15-14-24-12-10-11-13-25(24)21-26/h7,9-15,21,23,27-30,39H,1,3,8,16-20,22H2,2,4-6H3/t27-,28-,29-,30?,34+,35?/m0/s1. The van der Waals surface area contributed by atoms with E-state index in [0.717, 1.165) is 17.2 Å². The molecule has 3 heterocycles. The molecule has 2 bridgehead atoms. The highest BCUT2D eigenvalue weighted by molar-refractivity contribution is 6.06. The van der Waals surface area contributed by atoms with Crippen molar-refractivity contribution in [2.45, 2.75) is 70.2 Å². The van der Waals surface area contributed by atoms with Gasteiger partial charge in [-0.2, -0.15) is 0 Å². The molecule has 1 spiro atoms. The van der Waals surface area contributed by atoms with Crippen LogP contribution >= 0.6 is 0 Å². The van der Waals surface area contributed by atoms with Crippen molar-refractivity contribution in [2.75, 3.05) is 31.1 Å². The number of carbonyl (C=O) groups excluding carboxylic acids is 3. The first-order valence-electron chi connectivity index (χ1n) is 15.5. The van der Waals surface area contributed by atoms with Gasteiger partial charge >= 0.3 is 0 Å². The monoisotopic (exact) mass is 587 g/mol. The molecule has 3 aliphatic rings. The summed E-state index contributed by atoms with van der Waals surface area (Å²) in [5.74, 6) is -2.42. The van der Waals surface area contributed by atoms with Gasteiger partial charge in [0.15, 0.2) is 0 Å². The molecular weight excluding hydrogens is 542 g/mol. The summed E-state index contributed by atoms with van der Waals surface area (Å²) in [5, 5.41) is 12.6. The van der Waals surface area contributed by atoms with Gasteiger partial charge < -0.3 is 24.5 Å². The van der Waals surface area contributed by atoms with Crippen molar-refractivity contribution in [1.82, 2.24) is 9.80 Å². The Balaban J connectivity index is 1.64. The molecule has 3 amide bonds. The quantitative estimate of drug-likeness (QED) is 0.368. The van der Waals surface area contributed by atoms with Gasteiger partial charge in [0.05, 0.1) is 30.1 Å². The van der Waals surface area contributed by atoms with Crippen LogP contribution in [0.4, 0.5) is 5.69 Å². The molecule has 3 aliphatic heterocycles. The lowest BCUT2D eigenvalue weighted by molar-refractivity contribution is -0.152. The average Bonchev–Trinajstić information content (AvgIpc) is 3.56. The topological polar surface area (TPSA) is 90.4 Å². The highest BCUT2D eigenvalue weighted by Crippen LogP contribution is 2.64. The molecule has 2 aromatic rings. The molecule has 0 radical (unpaired) electrons. The number of ether oxygens (including phenoxy) is 1. The van der Waals surface area contributed by atoms with Gasteiger partial charge in [-0.3, -0.25) is 14.4 Å². The van der Waals surface area contributed by atoms with E-state index in [4.69, 9.17) is 4.74 Å². The Kier molecular flexibility index (Phi) is 8.56. The number of fused-ring (bicyclic) bond motifs is 2. The van der Waals surface area contributed by atoms with Crippen molar-refractivity contribution >= 4 is 34.2 Å². The van der Waals surface area contributed by atoms with Gasteiger partial charge in [-0.05, 0) is 55.0 Å². The minimum atomic E-state index is -1.19. The Labute approximate surface area is 255 Å². The zero-order chi connectivity index (χ0) is 31.1. The summed E-state index contributed by atoms with van der Waals surface area (Å²) in [7, 11) is 0. The summed E-state index contributed by atoms with van der Waals surface area (Å²) in [6.45, 7) is 16.4. The van der Waals surface area contributed by atoms with E-state index in [2.05, 4.69) is 13.2 Å². The molecule has 8 heteroatoms. The molecule has 0 aromatic heterocycles. The third-order valence-corrected chi connectivity index (χ3v) is 9.81. The smallest absolute Gasteiger partial charge is 0.253 e. The second-order valence-electron chi connectivity index (χ2n) is 12.8. The number of aliphatic hydroxyl groups is 1. The van der Waals surface area contributed by atoms with E-state index >= 15 is 0 Å². The average molecular weight is 588 g/mol. The first kappa shape index (κ1) is 31.0. The number of rotatable bonds is 12. The Hall–Kier alpha value is -3.49. The molecule has 3 fully saturated rings. The number of nitrogens with zero attached hydrogens (tertiary/aromatic N) is 3. The molecule has 1 N–H and O–H groups in total. The van der Waals surface area contributed by atoms with E-state index in [1.54, 1.807) is 26.9 Å². The van der Waals surface area contributed by atoms with Crippen LogP contribution in [0.2, 0.25) is 0 Å². The summed E-state index contributed by atoms with van der Waals surface area (Å²) in [6, 6.07) is 12.2. The number of aliphatic hydroxyl groups excluding tert-OH is 1. The fraction of sp³-hybridized carbons (Fsp3) is 0.514. The van der Waals surface area contributed by atoms with Crippen LogP contribution in [0.15, 0.2) is 67.8 Å². The molecule has 2 aromatic carbocycles. The predicted octanol–water partition coefficient (Wildman–Crippen LogP) is 4.57. The molecule has 0 aliphatic carbocycles. The number of amides is 3. The van der Waals surface area contributed by atoms with E-state index in [9.17, 15) is 19.5 Å². The van der Waals surface area contributed by atoms with E-state index < -0.39 is 35.1 Å². The van der Waals surface area contributed by atoms with Gasteiger partial charge in [-0.25, -0.2) is 0 Å². The molecule has 3 saturated heterocycles. The normalized spacial score (nSPS) is 28.3. The van der Waals surface area contributed by atoms with Crippen LogP contribution in [-0.2, 0) is 19.1 Å². The Morgan fingerprint density at radius 1 is 1.09 bits per heavy atom. The number of carbonyl (C=O) groups is 3. The number of hydrogen-bond acceptors (Lipinski definition) is 5. The molecule has 43 heavy (non-hydrogen) atoms. The van der Waals surface area contributed by atoms with Crippen molar-refractivity contribution < 1.29 is 24.2 Å². The van der Waals surface area contributed by atoms with E-state index in [-0.39, 0.29) is 36.8 Å². The number of anilines is 1. The van der Waals surface area contributed by atoms with E-state index in [0.29, 0.717) is 31.6 Å². The molecule has 8 nitrogen and oxygen atoms in total. The Bertz CT molecular complexity index is 1420. The second kappa shape index (κ2) is 11.9. The summed E-state index contributed by atoms with van der Waals surface area (Å²) >= 11 is 0. The summed E-state index contributed by atoms with van der Waals surface area (Å²) in [6.07, 6.45) is 5.17. The fourth-order valence-corrected chi connectivity index (χ4v) is 7.85. The van der Waals surface area contributed by atoms with Gasteiger partial charge in [0.25, 0.3) is 5.91 Å². The van der Waals surface area contributed by atoms with Gasteiger partial charge in [0.2, 0.25) is 11.8 Å². The van der Waals surface area contributed by atoms with Crippen LogP contribution in [0.3, 0.4) is 0 Å². The van der Waals surface area contributed by atoms with Crippen LogP contribution < -0.4 is 4.90 Å². The number of likely N-dealkylation sites (tertiary alicyclic amines) is 1.